The van der Waals surface area contributed by atoms with Crippen LogP contribution in [0.25, 0.3) is 0 Å². The van der Waals surface area contributed by atoms with E-state index >= 15 is 0 Å². The molecule has 2 aliphatic heterocycles. The van der Waals surface area contributed by atoms with Crippen molar-refractivity contribution in [2.24, 2.45) is 5.92 Å². The highest BCUT2D eigenvalue weighted by molar-refractivity contribution is 5.94. The van der Waals surface area contributed by atoms with Crippen molar-refractivity contribution in [3.05, 3.63) is 59.9 Å². The third-order valence-corrected chi connectivity index (χ3v) is 6.72. The Labute approximate surface area is 172 Å². The molecule has 1 saturated carbocycles. The second kappa shape index (κ2) is 8.15. The lowest BCUT2D eigenvalue weighted by Crippen LogP contribution is -2.38. The maximum Gasteiger partial charge on any atom is 0.254 e. The van der Waals surface area contributed by atoms with Gasteiger partial charge in [-0.1, -0.05) is 6.07 Å². The molecule has 152 valence electrons. The standard InChI is InChI=1S/C24H29N3O2/c28-24(27-16-18-4-7-21(27)15-18)19-5-8-22(9-6-19)29-23-10-13-26(14-11-23)17-20-3-1-2-12-25-20/h1-3,5-6,8-9,12,18,21,23H,4,7,10-11,13-17H2/t18-,21-/m0/s1. The lowest BCUT2D eigenvalue weighted by atomic mass is 10.1. The van der Waals surface area contributed by atoms with Gasteiger partial charge in [-0.15, -0.1) is 0 Å². The molecular formula is C24H29N3O2. The molecular weight excluding hydrogens is 362 g/mol. The molecule has 5 rings (SSSR count). The second-order valence-electron chi connectivity index (χ2n) is 8.73. The van der Waals surface area contributed by atoms with E-state index in [9.17, 15) is 4.79 Å². The summed E-state index contributed by atoms with van der Waals surface area (Å²) in [5, 5.41) is 0. The molecule has 2 saturated heterocycles. The molecule has 5 nitrogen and oxygen atoms in total. The van der Waals surface area contributed by atoms with Gasteiger partial charge in [-0.2, -0.15) is 0 Å². The maximum atomic E-state index is 12.8. The van der Waals surface area contributed by atoms with Gasteiger partial charge in [0, 0.05) is 44.0 Å². The summed E-state index contributed by atoms with van der Waals surface area (Å²) < 4.78 is 6.20. The van der Waals surface area contributed by atoms with Crippen molar-refractivity contribution in [1.29, 1.82) is 0 Å². The Hall–Kier alpha value is -2.40. The first kappa shape index (κ1) is 18.6. The first-order chi connectivity index (χ1) is 14.2. The Morgan fingerprint density at radius 3 is 2.52 bits per heavy atom. The fourth-order valence-corrected chi connectivity index (χ4v) is 5.11. The zero-order valence-electron chi connectivity index (χ0n) is 16.9. The van der Waals surface area contributed by atoms with E-state index in [0.29, 0.717) is 6.04 Å². The predicted octanol–water partition coefficient (Wildman–Crippen LogP) is 3.75. The number of carbonyl (C=O) groups excluding carboxylic acids is 1. The number of hydrogen-bond donors (Lipinski definition) is 0. The van der Waals surface area contributed by atoms with E-state index in [2.05, 4.69) is 20.9 Å². The summed E-state index contributed by atoms with van der Waals surface area (Å²) in [4.78, 5) is 21.7. The Morgan fingerprint density at radius 2 is 1.86 bits per heavy atom. The van der Waals surface area contributed by atoms with Crippen LogP contribution in [0.2, 0.25) is 0 Å². The minimum Gasteiger partial charge on any atom is -0.490 e. The van der Waals surface area contributed by atoms with Gasteiger partial charge in [0.25, 0.3) is 5.91 Å². The number of ether oxygens (including phenoxy) is 1. The fourth-order valence-electron chi connectivity index (χ4n) is 5.11. The summed E-state index contributed by atoms with van der Waals surface area (Å²) >= 11 is 0. The van der Waals surface area contributed by atoms with Crippen molar-refractivity contribution in [2.75, 3.05) is 19.6 Å². The number of nitrogens with zero attached hydrogens (tertiary/aromatic N) is 3. The summed E-state index contributed by atoms with van der Waals surface area (Å²) in [6.07, 6.45) is 7.80. The Balaban J connectivity index is 1.12. The number of rotatable bonds is 5. The molecule has 29 heavy (non-hydrogen) atoms. The van der Waals surface area contributed by atoms with Crippen LogP contribution in [0.1, 0.15) is 48.2 Å². The number of hydrogen-bond acceptors (Lipinski definition) is 4. The van der Waals surface area contributed by atoms with E-state index in [1.54, 1.807) is 0 Å². The zero-order valence-corrected chi connectivity index (χ0v) is 16.9. The van der Waals surface area contributed by atoms with Crippen LogP contribution in [-0.4, -0.2) is 52.5 Å². The smallest absolute Gasteiger partial charge is 0.254 e. The first-order valence-corrected chi connectivity index (χ1v) is 10.9. The molecule has 1 aromatic heterocycles. The molecule has 0 spiro atoms. The highest BCUT2D eigenvalue weighted by atomic mass is 16.5. The lowest BCUT2D eigenvalue weighted by molar-refractivity contribution is 0.0703. The SMILES string of the molecule is O=C(c1ccc(OC2CCN(Cc3ccccn3)CC2)cc1)N1C[C@H]2CC[C@H]1C2. The fraction of sp³-hybridized carbons (Fsp3) is 0.500. The quantitative estimate of drug-likeness (QED) is 0.779. The number of pyridine rings is 1. The molecule has 1 aromatic carbocycles. The molecule has 0 N–H and O–H groups in total. The Morgan fingerprint density at radius 1 is 1.03 bits per heavy atom. The number of piperidine rings is 2. The summed E-state index contributed by atoms with van der Waals surface area (Å²) in [5.74, 6) is 1.79. The molecule has 3 fully saturated rings. The largest absolute Gasteiger partial charge is 0.490 e. The molecule has 2 atom stereocenters. The third-order valence-electron chi connectivity index (χ3n) is 6.72. The number of aromatic nitrogens is 1. The zero-order chi connectivity index (χ0) is 19.6. The topological polar surface area (TPSA) is 45.7 Å². The summed E-state index contributed by atoms with van der Waals surface area (Å²) in [6.45, 7) is 3.90. The summed E-state index contributed by atoms with van der Waals surface area (Å²) in [7, 11) is 0. The van der Waals surface area contributed by atoms with Gasteiger partial charge in [0.05, 0.1) is 5.69 Å². The number of benzene rings is 1. The van der Waals surface area contributed by atoms with Gasteiger partial charge in [0.2, 0.25) is 0 Å². The van der Waals surface area contributed by atoms with E-state index in [1.165, 1.54) is 19.3 Å². The van der Waals surface area contributed by atoms with Crippen molar-refractivity contribution in [3.8, 4) is 5.75 Å². The van der Waals surface area contributed by atoms with Crippen molar-refractivity contribution < 1.29 is 9.53 Å². The summed E-state index contributed by atoms with van der Waals surface area (Å²) in [5.41, 5.74) is 1.91. The van der Waals surface area contributed by atoms with Crippen LogP contribution >= 0.6 is 0 Å². The van der Waals surface area contributed by atoms with Gasteiger partial charge < -0.3 is 9.64 Å². The van der Waals surface area contributed by atoms with Gasteiger partial charge >= 0.3 is 0 Å². The molecule has 1 amide bonds. The van der Waals surface area contributed by atoms with Crippen LogP contribution in [0, 0.1) is 5.92 Å². The average Bonchev–Trinajstić information content (AvgIpc) is 3.40. The molecule has 0 radical (unpaired) electrons. The second-order valence-corrected chi connectivity index (χ2v) is 8.73. The van der Waals surface area contributed by atoms with E-state index in [1.807, 2.05) is 42.6 Å². The van der Waals surface area contributed by atoms with E-state index in [4.69, 9.17) is 4.74 Å². The molecule has 2 bridgehead atoms. The third kappa shape index (κ3) is 4.15. The number of amides is 1. The predicted molar refractivity (Wildman–Crippen MR) is 112 cm³/mol. The van der Waals surface area contributed by atoms with Crippen LogP contribution in [0.15, 0.2) is 48.7 Å². The molecule has 5 heteroatoms. The molecule has 2 aromatic rings. The van der Waals surface area contributed by atoms with Crippen LogP contribution in [0.3, 0.4) is 0 Å². The normalized spacial score (nSPS) is 24.8. The van der Waals surface area contributed by atoms with Gasteiger partial charge in [-0.05, 0) is 74.4 Å². The number of likely N-dealkylation sites (tertiary alicyclic amines) is 2. The average molecular weight is 392 g/mol. The van der Waals surface area contributed by atoms with E-state index < -0.39 is 0 Å². The van der Waals surface area contributed by atoms with Crippen molar-refractivity contribution >= 4 is 5.91 Å². The molecule has 1 aliphatic carbocycles. The number of fused-ring (bicyclic) bond motifs is 2. The monoisotopic (exact) mass is 391 g/mol. The first-order valence-electron chi connectivity index (χ1n) is 10.9. The molecule has 3 aliphatic rings. The molecule has 0 unspecified atom stereocenters. The highest BCUT2D eigenvalue weighted by Gasteiger charge is 2.40. The van der Waals surface area contributed by atoms with E-state index in [0.717, 1.165) is 61.9 Å². The summed E-state index contributed by atoms with van der Waals surface area (Å²) in [6, 6.07) is 14.3. The number of carbonyl (C=O) groups is 1. The van der Waals surface area contributed by atoms with Crippen LogP contribution in [0.4, 0.5) is 0 Å². The highest BCUT2D eigenvalue weighted by Crippen LogP contribution is 2.38. The van der Waals surface area contributed by atoms with Crippen molar-refractivity contribution in [2.45, 2.75) is 50.8 Å². The van der Waals surface area contributed by atoms with Gasteiger partial charge in [-0.3, -0.25) is 14.7 Å². The van der Waals surface area contributed by atoms with Gasteiger partial charge in [-0.25, -0.2) is 0 Å². The molecule has 3 heterocycles. The van der Waals surface area contributed by atoms with Crippen molar-refractivity contribution in [3.63, 3.8) is 0 Å². The Kier molecular flexibility index (Phi) is 5.23. The van der Waals surface area contributed by atoms with Crippen LogP contribution < -0.4 is 4.74 Å². The van der Waals surface area contributed by atoms with Gasteiger partial charge in [0.1, 0.15) is 11.9 Å². The van der Waals surface area contributed by atoms with Gasteiger partial charge in [0.15, 0.2) is 0 Å². The van der Waals surface area contributed by atoms with Crippen LogP contribution in [-0.2, 0) is 6.54 Å². The minimum absolute atomic E-state index is 0.187. The van der Waals surface area contributed by atoms with E-state index in [-0.39, 0.29) is 12.0 Å². The minimum atomic E-state index is 0.187. The van der Waals surface area contributed by atoms with Crippen LogP contribution in [0.5, 0.6) is 5.75 Å². The maximum absolute atomic E-state index is 12.8. The van der Waals surface area contributed by atoms with Crippen molar-refractivity contribution in [1.82, 2.24) is 14.8 Å². The Bertz CT molecular complexity index is 831. The lowest BCUT2D eigenvalue weighted by Gasteiger charge is -2.32.